The predicted molar refractivity (Wildman–Crippen MR) is 91.3 cm³/mol. The molecule has 0 radical (unpaired) electrons. The van der Waals surface area contributed by atoms with Crippen LogP contribution < -0.4 is 5.32 Å². The molecule has 3 N–H and O–H groups in total. The SMILES string of the molecule is Cc1[nH]c(C(=O)OCC(=O)Nc2ccccc2Cl)c(C)c1[C@@H](C)O. The lowest BCUT2D eigenvalue weighted by atomic mass is 10.1. The zero-order valence-electron chi connectivity index (χ0n) is 13.6. The summed E-state index contributed by atoms with van der Waals surface area (Å²) >= 11 is 5.95. The van der Waals surface area contributed by atoms with Crippen molar-refractivity contribution in [1.29, 1.82) is 0 Å². The highest BCUT2D eigenvalue weighted by atomic mass is 35.5. The van der Waals surface area contributed by atoms with E-state index >= 15 is 0 Å². The number of carbonyl (C=O) groups excluding carboxylic acids is 2. The van der Waals surface area contributed by atoms with Crippen molar-refractivity contribution in [3.63, 3.8) is 0 Å². The van der Waals surface area contributed by atoms with E-state index < -0.39 is 24.6 Å². The number of halogens is 1. The largest absolute Gasteiger partial charge is 0.451 e. The number of nitrogens with one attached hydrogen (secondary N) is 2. The molecule has 6 nitrogen and oxygen atoms in total. The number of hydrogen-bond donors (Lipinski definition) is 3. The van der Waals surface area contributed by atoms with Gasteiger partial charge in [-0.1, -0.05) is 23.7 Å². The highest BCUT2D eigenvalue weighted by Crippen LogP contribution is 2.25. The Hall–Kier alpha value is -2.31. The molecule has 0 aliphatic rings. The van der Waals surface area contributed by atoms with Crippen LogP contribution in [0.1, 0.15) is 40.3 Å². The van der Waals surface area contributed by atoms with Crippen molar-refractivity contribution in [3.05, 3.63) is 51.8 Å². The van der Waals surface area contributed by atoms with Crippen LogP contribution in [0.25, 0.3) is 0 Å². The van der Waals surface area contributed by atoms with Gasteiger partial charge in [0.1, 0.15) is 5.69 Å². The number of amides is 1. The summed E-state index contributed by atoms with van der Waals surface area (Å²) in [4.78, 5) is 26.9. The quantitative estimate of drug-likeness (QED) is 0.722. The molecule has 0 aliphatic carbocycles. The second-order valence-electron chi connectivity index (χ2n) is 5.44. The summed E-state index contributed by atoms with van der Waals surface area (Å²) in [5, 5.41) is 12.7. The molecule has 2 rings (SSSR count). The van der Waals surface area contributed by atoms with E-state index in [0.29, 0.717) is 27.5 Å². The van der Waals surface area contributed by atoms with Crippen molar-refractivity contribution in [3.8, 4) is 0 Å². The first-order valence-electron chi connectivity index (χ1n) is 7.40. The second kappa shape index (κ2) is 7.51. The number of anilines is 1. The average Bonchev–Trinajstić information content (AvgIpc) is 2.82. The molecular formula is C17H19ClN2O4. The van der Waals surface area contributed by atoms with Crippen LogP contribution in [-0.2, 0) is 9.53 Å². The normalized spacial score (nSPS) is 11.9. The van der Waals surface area contributed by atoms with Crippen molar-refractivity contribution < 1.29 is 19.4 Å². The number of esters is 1. The Morgan fingerprint density at radius 3 is 2.58 bits per heavy atom. The van der Waals surface area contributed by atoms with E-state index in [2.05, 4.69) is 10.3 Å². The third-order valence-electron chi connectivity index (χ3n) is 3.60. The Morgan fingerprint density at radius 2 is 2.00 bits per heavy atom. The summed E-state index contributed by atoms with van der Waals surface area (Å²) in [5.41, 5.74) is 2.63. The molecule has 128 valence electrons. The van der Waals surface area contributed by atoms with Gasteiger partial charge >= 0.3 is 5.97 Å². The van der Waals surface area contributed by atoms with E-state index in [4.69, 9.17) is 16.3 Å². The molecule has 0 saturated heterocycles. The van der Waals surface area contributed by atoms with E-state index in [1.807, 2.05) is 0 Å². The van der Waals surface area contributed by atoms with Crippen LogP contribution in [0.5, 0.6) is 0 Å². The highest BCUT2D eigenvalue weighted by Gasteiger charge is 2.21. The zero-order valence-corrected chi connectivity index (χ0v) is 14.4. The van der Waals surface area contributed by atoms with Crippen LogP contribution >= 0.6 is 11.6 Å². The van der Waals surface area contributed by atoms with Crippen molar-refractivity contribution in [2.75, 3.05) is 11.9 Å². The molecule has 1 aromatic carbocycles. The molecule has 1 atom stereocenters. The Bertz CT molecular complexity index is 768. The Kier molecular flexibility index (Phi) is 5.64. The maximum Gasteiger partial charge on any atom is 0.355 e. The molecule has 0 spiro atoms. The molecule has 7 heteroatoms. The van der Waals surface area contributed by atoms with Gasteiger partial charge in [-0.3, -0.25) is 4.79 Å². The molecule has 0 bridgehead atoms. The monoisotopic (exact) mass is 350 g/mol. The Labute approximate surface area is 144 Å². The van der Waals surface area contributed by atoms with E-state index in [1.165, 1.54) is 0 Å². The van der Waals surface area contributed by atoms with Crippen LogP contribution in [0, 0.1) is 13.8 Å². The summed E-state index contributed by atoms with van der Waals surface area (Å²) in [5.74, 6) is -1.15. The Balaban J connectivity index is 2.00. The van der Waals surface area contributed by atoms with Crippen molar-refractivity contribution in [1.82, 2.24) is 4.98 Å². The molecule has 1 amide bonds. The summed E-state index contributed by atoms with van der Waals surface area (Å²) in [7, 11) is 0. The summed E-state index contributed by atoms with van der Waals surface area (Å²) in [6, 6.07) is 6.77. The minimum absolute atomic E-state index is 0.231. The first-order valence-corrected chi connectivity index (χ1v) is 7.77. The Morgan fingerprint density at radius 1 is 1.33 bits per heavy atom. The lowest BCUT2D eigenvalue weighted by molar-refractivity contribution is -0.119. The molecular weight excluding hydrogens is 332 g/mol. The van der Waals surface area contributed by atoms with E-state index in [1.54, 1.807) is 45.0 Å². The first-order chi connectivity index (χ1) is 11.3. The molecule has 1 aromatic heterocycles. The van der Waals surface area contributed by atoms with Crippen LogP contribution in [0.4, 0.5) is 5.69 Å². The third-order valence-corrected chi connectivity index (χ3v) is 3.93. The molecule has 0 aliphatic heterocycles. The number of H-pyrrole nitrogens is 1. The summed E-state index contributed by atoms with van der Waals surface area (Å²) in [6.45, 7) is 4.66. The minimum atomic E-state index is -0.702. The number of aromatic nitrogens is 1. The van der Waals surface area contributed by atoms with Gasteiger partial charge in [0.15, 0.2) is 6.61 Å². The van der Waals surface area contributed by atoms with Gasteiger partial charge in [0.2, 0.25) is 0 Å². The number of hydrogen-bond acceptors (Lipinski definition) is 4. The summed E-state index contributed by atoms with van der Waals surface area (Å²) in [6.07, 6.45) is -0.702. The molecule has 0 unspecified atom stereocenters. The number of rotatable bonds is 5. The first kappa shape index (κ1) is 18.0. The van der Waals surface area contributed by atoms with Gasteiger partial charge in [-0.05, 0) is 38.5 Å². The van der Waals surface area contributed by atoms with Crippen LogP contribution in [0.3, 0.4) is 0 Å². The number of aliphatic hydroxyl groups excluding tert-OH is 1. The van der Waals surface area contributed by atoms with Crippen LogP contribution in [0.2, 0.25) is 5.02 Å². The van der Waals surface area contributed by atoms with Gasteiger partial charge in [-0.25, -0.2) is 4.79 Å². The van der Waals surface area contributed by atoms with Gasteiger partial charge in [0.05, 0.1) is 16.8 Å². The fourth-order valence-corrected chi connectivity index (χ4v) is 2.73. The van der Waals surface area contributed by atoms with Crippen LogP contribution in [-0.4, -0.2) is 28.6 Å². The smallest absolute Gasteiger partial charge is 0.355 e. The van der Waals surface area contributed by atoms with Crippen LogP contribution in [0.15, 0.2) is 24.3 Å². The van der Waals surface area contributed by atoms with E-state index in [9.17, 15) is 14.7 Å². The van der Waals surface area contributed by atoms with Gasteiger partial charge in [-0.15, -0.1) is 0 Å². The number of aryl methyl sites for hydroxylation is 1. The standard InChI is InChI=1S/C17H19ClN2O4/c1-9-15(11(3)21)10(2)19-16(9)17(23)24-8-14(22)20-13-7-5-4-6-12(13)18/h4-7,11,19,21H,8H2,1-3H3,(H,20,22)/t11-/m1/s1. The van der Waals surface area contributed by atoms with E-state index in [0.717, 1.165) is 0 Å². The number of aliphatic hydroxyl groups is 1. The number of aromatic amines is 1. The average molecular weight is 351 g/mol. The third kappa shape index (κ3) is 3.96. The molecule has 2 aromatic rings. The lowest BCUT2D eigenvalue weighted by Gasteiger charge is -2.08. The highest BCUT2D eigenvalue weighted by molar-refractivity contribution is 6.33. The maximum atomic E-state index is 12.1. The lowest BCUT2D eigenvalue weighted by Crippen LogP contribution is -2.21. The topological polar surface area (TPSA) is 91.4 Å². The predicted octanol–water partition coefficient (Wildman–Crippen LogP) is 3.13. The minimum Gasteiger partial charge on any atom is -0.451 e. The van der Waals surface area contributed by atoms with Gasteiger partial charge in [0.25, 0.3) is 5.91 Å². The molecule has 1 heterocycles. The van der Waals surface area contributed by atoms with Crippen molar-refractivity contribution in [2.24, 2.45) is 0 Å². The van der Waals surface area contributed by atoms with E-state index in [-0.39, 0.29) is 5.69 Å². The van der Waals surface area contributed by atoms with Gasteiger partial charge in [0, 0.05) is 11.3 Å². The number of ether oxygens (including phenoxy) is 1. The van der Waals surface area contributed by atoms with Gasteiger partial charge in [-0.2, -0.15) is 0 Å². The zero-order chi connectivity index (χ0) is 17.9. The molecule has 0 fully saturated rings. The second-order valence-corrected chi connectivity index (χ2v) is 5.85. The number of para-hydroxylation sites is 1. The number of carbonyl (C=O) groups is 2. The van der Waals surface area contributed by atoms with Gasteiger partial charge < -0.3 is 20.1 Å². The number of benzene rings is 1. The maximum absolute atomic E-state index is 12.1. The molecule has 24 heavy (non-hydrogen) atoms. The fraction of sp³-hybridized carbons (Fsp3) is 0.294. The van der Waals surface area contributed by atoms with Crippen molar-refractivity contribution in [2.45, 2.75) is 26.9 Å². The van der Waals surface area contributed by atoms with Crippen molar-refractivity contribution >= 4 is 29.2 Å². The summed E-state index contributed by atoms with van der Waals surface area (Å²) < 4.78 is 5.02. The fourth-order valence-electron chi connectivity index (χ4n) is 2.55. The molecule has 0 saturated carbocycles.